The van der Waals surface area contributed by atoms with E-state index in [2.05, 4.69) is 150 Å². The van der Waals surface area contributed by atoms with E-state index in [0.717, 1.165) is 22.2 Å². The molecule has 0 saturated carbocycles. The van der Waals surface area contributed by atoms with Crippen LogP contribution in [0.2, 0.25) is 0 Å². The van der Waals surface area contributed by atoms with Gasteiger partial charge in [-0.25, -0.2) is 4.98 Å². The molecule has 0 bridgehead atoms. The van der Waals surface area contributed by atoms with E-state index in [1.807, 2.05) is 0 Å². The summed E-state index contributed by atoms with van der Waals surface area (Å²) in [5.41, 5.74) is 5.34. The van der Waals surface area contributed by atoms with Crippen LogP contribution < -0.4 is 15.9 Å². The Bertz CT molecular complexity index is 2420. The van der Waals surface area contributed by atoms with E-state index >= 15 is 0 Å². The molecule has 3 nitrogen and oxygen atoms in total. The third-order valence-electron chi connectivity index (χ3n) is 8.32. The van der Waals surface area contributed by atoms with Crippen molar-refractivity contribution in [1.82, 2.24) is 14.4 Å². The summed E-state index contributed by atoms with van der Waals surface area (Å²) in [6, 6.07) is 50.4. The molecule has 42 heavy (non-hydrogen) atoms. The summed E-state index contributed by atoms with van der Waals surface area (Å²) in [5.74, 6) is 0. The summed E-state index contributed by atoms with van der Waals surface area (Å²) in [7, 11) is -0.873. The van der Waals surface area contributed by atoms with Gasteiger partial charge >= 0.3 is 0 Å². The van der Waals surface area contributed by atoms with Crippen molar-refractivity contribution in [1.29, 1.82) is 0 Å². The summed E-state index contributed by atoms with van der Waals surface area (Å²) < 4.78 is 2.31. The van der Waals surface area contributed by atoms with Crippen molar-refractivity contribution in [3.63, 3.8) is 0 Å². The van der Waals surface area contributed by atoms with Gasteiger partial charge in [0.15, 0.2) is 0 Å². The standard InChI is InChI=1S/C38H24N3P/c1-2-10-26-21-28(18-17-25(26)9-1)42(30-22-27-11-3-5-13-34(27)39-24-30)29-19-20-32-33(23-29)31-12-4-7-15-36(31)41-37-16-8-6-14-35(37)40-38(32)41/h1-24H. The number of benzene rings is 6. The Morgan fingerprint density at radius 1 is 0.452 bits per heavy atom. The van der Waals surface area contributed by atoms with Gasteiger partial charge in [0.05, 0.1) is 22.1 Å². The van der Waals surface area contributed by atoms with Crippen molar-refractivity contribution in [3.05, 3.63) is 146 Å². The van der Waals surface area contributed by atoms with Gasteiger partial charge in [0.25, 0.3) is 0 Å². The molecule has 0 aliphatic carbocycles. The number of para-hydroxylation sites is 4. The van der Waals surface area contributed by atoms with Crippen molar-refractivity contribution in [2.24, 2.45) is 0 Å². The number of nitrogens with zero attached hydrogens (tertiary/aromatic N) is 3. The van der Waals surface area contributed by atoms with Crippen LogP contribution in [0.5, 0.6) is 0 Å². The van der Waals surface area contributed by atoms with Crippen molar-refractivity contribution in [2.75, 3.05) is 0 Å². The topological polar surface area (TPSA) is 30.2 Å². The zero-order chi connectivity index (χ0) is 27.6. The quantitative estimate of drug-likeness (QED) is 0.163. The Labute approximate surface area is 243 Å². The molecule has 0 spiro atoms. The smallest absolute Gasteiger partial charge is 0.146 e. The minimum Gasteiger partial charge on any atom is -0.292 e. The van der Waals surface area contributed by atoms with Crippen LogP contribution in [0.4, 0.5) is 0 Å². The first-order chi connectivity index (χ1) is 20.8. The third kappa shape index (κ3) is 3.57. The van der Waals surface area contributed by atoms with Gasteiger partial charge in [-0.1, -0.05) is 91.0 Å². The molecule has 0 aliphatic rings. The largest absolute Gasteiger partial charge is 0.292 e. The van der Waals surface area contributed by atoms with Crippen LogP contribution in [0.25, 0.3) is 60.0 Å². The van der Waals surface area contributed by atoms with Crippen molar-refractivity contribution in [3.8, 4) is 0 Å². The fourth-order valence-electron chi connectivity index (χ4n) is 6.38. The van der Waals surface area contributed by atoms with Crippen LogP contribution in [-0.2, 0) is 0 Å². The first-order valence-corrected chi connectivity index (χ1v) is 15.5. The molecular weight excluding hydrogens is 529 g/mol. The number of fused-ring (bicyclic) bond motifs is 10. The second kappa shape index (κ2) is 9.21. The molecule has 0 amide bonds. The average molecular weight is 554 g/mol. The highest BCUT2D eigenvalue weighted by Crippen LogP contribution is 2.38. The third-order valence-corrected chi connectivity index (χ3v) is 10.7. The molecule has 3 heterocycles. The molecule has 9 aromatic rings. The van der Waals surface area contributed by atoms with E-state index in [-0.39, 0.29) is 0 Å². The molecule has 0 N–H and O–H groups in total. The van der Waals surface area contributed by atoms with Crippen LogP contribution in [0.15, 0.2) is 146 Å². The SMILES string of the molecule is c1ccc2cc(P(c3cnc4ccccc4c3)c3ccc4c(c3)c3ccccc3n3c5ccccc5nc43)ccc2c1. The van der Waals surface area contributed by atoms with Crippen LogP contribution in [-0.4, -0.2) is 14.4 Å². The highest BCUT2D eigenvalue weighted by Gasteiger charge is 2.21. The fourth-order valence-corrected chi connectivity index (χ4v) is 8.69. The number of imidazole rings is 1. The zero-order valence-corrected chi connectivity index (χ0v) is 23.5. The summed E-state index contributed by atoms with van der Waals surface area (Å²) >= 11 is 0. The number of hydrogen-bond acceptors (Lipinski definition) is 2. The van der Waals surface area contributed by atoms with Crippen molar-refractivity contribution >= 4 is 83.9 Å². The Hall–Kier alpha value is -5.11. The summed E-state index contributed by atoms with van der Waals surface area (Å²) in [5, 5.41) is 11.2. The van der Waals surface area contributed by atoms with E-state index in [0.29, 0.717) is 0 Å². The number of hydrogen-bond donors (Lipinski definition) is 0. The van der Waals surface area contributed by atoms with E-state index < -0.39 is 7.92 Å². The van der Waals surface area contributed by atoms with Gasteiger partial charge in [0, 0.05) is 27.7 Å². The lowest BCUT2D eigenvalue weighted by molar-refractivity contribution is 1.32. The van der Waals surface area contributed by atoms with Gasteiger partial charge < -0.3 is 0 Å². The second-order valence-electron chi connectivity index (χ2n) is 10.8. The molecule has 9 rings (SSSR count). The Kier molecular flexibility index (Phi) is 5.17. The molecule has 196 valence electrons. The molecule has 3 aromatic heterocycles. The highest BCUT2D eigenvalue weighted by molar-refractivity contribution is 7.79. The predicted octanol–water partition coefficient (Wildman–Crippen LogP) is 8.25. The number of aromatic nitrogens is 3. The molecule has 0 saturated heterocycles. The normalized spacial score (nSPS) is 12.7. The van der Waals surface area contributed by atoms with Gasteiger partial charge in [0.1, 0.15) is 5.65 Å². The summed E-state index contributed by atoms with van der Waals surface area (Å²) in [6.45, 7) is 0. The monoisotopic (exact) mass is 553 g/mol. The maximum atomic E-state index is 5.11. The minimum atomic E-state index is -0.873. The average Bonchev–Trinajstić information content (AvgIpc) is 3.45. The molecule has 1 unspecified atom stereocenters. The molecule has 0 fully saturated rings. The number of pyridine rings is 2. The van der Waals surface area contributed by atoms with Crippen LogP contribution in [0.3, 0.4) is 0 Å². The first kappa shape index (κ1) is 23.6. The number of rotatable bonds is 3. The maximum absolute atomic E-state index is 5.11. The predicted molar refractivity (Wildman–Crippen MR) is 179 cm³/mol. The second-order valence-corrected chi connectivity index (χ2v) is 13.0. The van der Waals surface area contributed by atoms with E-state index in [1.54, 1.807) is 0 Å². The molecule has 0 radical (unpaired) electrons. The Morgan fingerprint density at radius 3 is 2.02 bits per heavy atom. The maximum Gasteiger partial charge on any atom is 0.146 e. The van der Waals surface area contributed by atoms with E-state index in [9.17, 15) is 0 Å². The molecule has 1 atom stereocenters. The lowest BCUT2D eigenvalue weighted by Crippen LogP contribution is -2.21. The molecule has 0 aliphatic heterocycles. The lowest BCUT2D eigenvalue weighted by Gasteiger charge is -2.21. The molecule has 4 heteroatoms. The van der Waals surface area contributed by atoms with Gasteiger partial charge in [-0.15, -0.1) is 0 Å². The van der Waals surface area contributed by atoms with Crippen LogP contribution in [0, 0.1) is 0 Å². The van der Waals surface area contributed by atoms with Crippen molar-refractivity contribution < 1.29 is 0 Å². The van der Waals surface area contributed by atoms with Gasteiger partial charge in [-0.05, 0) is 83.2 Å². The van der Waals surface area contributed by atoms with Crippen molar-refractivity contribution in [2.45, 2.75) is 0 Å². The zero-order valence-electron chi connectivity index (χ0n) is 22.6. The minimum absolute atomic E-state index is 0.873. The lowest BCUT2D eigenvalue weighted by atomic mass is 10.1. The van der Waals surface area contributed by atoms with Gasteiger partial charge in [-0.2, -0.15) is 0 Å². The van der Waals surface area contributed by atoms with Gasteiger partial charge in [-0.3, -0.25) is 9.38 Å². The summed E-state index contributed by atoms with van der Waals surface area (Å²) in [4.78, 5) is 10.0. The van der Waals surface area contributed by atoms with E-state index in [1.165, 1.54) is 53.7 Å². The first-order valence-electron chi connectivity index (χ1n) is 14.2. The Morgan fingerprint density at radius 2 is 1.12 bits per heavy atom. The van der Waals surface area contributed by atoms with E-state index in [4.69, 9.17) is 9.97 Å². The highest BCUT2D eigenvalue weighted by atomic mass is 31.1. The molecule has 6 aromatic carbocycles. The van der Waals surface area contributed by atoms with Crippen LogP contribution >= 0.6 is 7.92 Å². The summed E-state index contributed by atoms with van der Waals surface area (Å²) in [6.07, 6.45) is 2.08. The molecular formula is C38H24N3P. The van der Waals surface area contributed by atoms with Gasteiger partial charge in [0.2, 0.25) is 0 Å². The van der Waals surface area contributed by atoms with Crippen LogP contribution in [0.1, 0.15) is 0 Å². The Balaban J connectivity index is 1.35. The fraction of sp³-hybridized carbons (Fsp3) is 0.